The molecule has 1 fully saturated rings. The molecule has 1 atom stereocenters. The normalized spacial score (nSPS) is 19.6. The molecule has 1 saturated heterocycles. The molecule has 0 saturated carbocycles. The molecule has 0 amide bonds. The van der Waals surface area contributed by atoms with Gasteiger partial charge in [-0.05, 0) is 62.0 Å². The van der Waals surface area contributed by atoms with E-state index in [9.17, 15) is 0 Å². The van der Waals surface area contributed by atoms with Crippen LogP contribution in [0, 0.1) is 0 Å². The van der Waals surface area contributed by atoms with Crippen molar-refractivity contribution in [3.63, 3.8) is 0 Å². The summed E-state index contributed by atoms with van der Waals surface area (Å²) in [7, 11) is 0. The van der Waals surface area contributed by atoms with Gasteiger partial charge in [0.1, 0.15) is 0 Å². The fourth-order valence-corrected chi connectivity index (χ4v) is 2.94. The Bertz CT molecular complexity index is 425. The van der Waals surface area contributed by atoms with Crippen molar-refractivity contribution in [2.45, 2.75) is 52.0 Å². The van der Waals surface area contributed by atoms with Crippen molar-refractivity contribution in [3.8, 4) is 0 Å². The Kier molecular flexibility index (Phi) is 4.81. The largest absolute Gasteiger partial charge is 0.346 e. The standard InChI is InChI=1S/C16H24N2S/c1-12(2)14-7-9-15(10-8-14)17-16(19)18-11-5-4-6-13(18)3/h7-10,12-13H,4-6,11H2,1-3H3,(H,17,19). The maximum Gasteiger partial charge on any atom is 0.173 e. The second-order valence-corrected chi connectivity index (χ2v) is 6.13. The average Bonchev–Trinajstić information content (AvgIpc) is 2.39. The summed E-state index contributed by atoms with van der Waals surface area (Å²) in [4.78, 5) is 2.31. The first-order valence-electron chi connectivity index (χ1n) is 7.25. The van der Waals surface area contributed by atoms with Crippen LogP contribution < -0.4 is 5.32 Å². The van der Waals surface area contributed by atoms with Crippen LogP contribution in [-0.2, 0) is 0 Å². The molecule has 1 aliphatic rings. The highest BCUT2D eigenvalue weighted by Gasteiger charge is 2.20. The highest BCUT2D eigenvalue weighted by atomic mass is 32.1. The molecule has 1 unspecified atom stereocenters. The van der Waals surface area contributed by atoms with E-state index in [-0.39, 0.29) is 0 Å². The number of benzene rings is 1. The number of hydrogen-bond donors (Lipinski definition) is 1. The van der Waals surface area contributed by atoms with E-state index in [2.05, 4.69) is 55.3 Å². The fourth-order valence-electron chi connectivity index (χ4n) is 2.55. The van der Waals surface area contributed by atoms with Crippen LogP contribution in [-0.4, -0.2) is 22.6 Å². The molecule has 0 radical (unpaired) electrons. The van der Waals surface area contributed by atoms with Crippen molar-refractivity contribution in [1.29, 1.82) is 0 Å². The van der Waals surface area contributed by atoms with Crippen LogP contribution >= 0.6 is 12.2 Å². The monoisotopic (exact) mass is 276 g/mol. The van der Waals surface area contributed by atoms with Crippen LogP contribution in [0.1, 0.15) is 51.5 Å². The van der Waals surface area contributed by atoms with Gasteiger partial charge < -0.3 is 10.2 Å². The number of likely N-dealkylation sites (tertiary alicyclic amines) is 1. The first-order valence-corrected chi connectivity index (χ1v) is 7.66. The molecule has 0 aromatic heterocycles. The van der Waals surface area contributed by atoms with Gasteiger partial charge in [-0.1, -0.05) is 26.0 Å². The first kappa shape index (κ1) is 14.3. The minimum Gasteiger partial charge on any atom is -0.346 e. The van der Waals surface area contributed by atoms with E-state index in [1.54, 1.807) is 0 Å². The van der Waals surface area contributed by atoms with Gasteiger partial charge in [0.05, 0.1) is 0 Å². The summed E-state index contributed by atoms with van der Waals surface area (Å²) in [5, 5.41) is 4.23. The lowest BCUT2D eigenvalue weighted by atomic mass is 10.0. The van der Waals surface area contributed by atoms with Gasteiger partial charge in [-0.2, -0.15) is 0 Å². The second-order valence-electron chi connectivity index (χ2n) is 5.75. The maximum absolute atomic E-state index is 5.53. The lowest BCUT2D eigenvalue weighted by Crippen LogP contribution is -2.44. The van der Waals surface area contributed by atoms with Crippen molar-refractivity contribution in [1.82, 2.24) is 4.90 Å². The molecule has 19 heavy (non-hydrogen) atoms. The number of anilines is 1. The van der Waals surface area contributed by atoms with Gasteiger partial charge >= 0.3 is 0 Å². The summed E-state index contributed by atoms with van der Waals surface area (Å²) < 4.78 is 0. The van der Waals surface area contributed by atoms with Crippen molar-refractivity contribution >= 4 is 23.0 Å². The molecular formula is C16H24N2S. The third-order valence-corrected chi connectivity index (χ3v) is 4.23. The molecule has 1 N–H and O–H groups in total. The van der Waals surface area contributed by atoms with E-state index in [4.69, 9.17) is 12.2 Å². The molecule has 0 spiro atoms. The number of rotatable bonds is 2. The predicted molar refractivity (Wildman–Crippen MR) is 86.8 cm³/mol. The lowest BCUT2D eigenvalue weighted by molar-refractivity contribution is 0.262. The van der Waals surface area contributed by atoms with Gasteiger partial charge in [-0.15, -0.1) is 0 Å². The molecule has 1 aromatic rings. The highest BCUT2D eigenvalue weighted by molar-refractivity contribution is 7.80. The van der Waals surface area contributed by atoms with E-state index in [0.717, 1.165) is 17.3 Å². The Morgan fingerprint density at radius 3 is 2.53 bits per heavy atom. The van der Waals surface area contributed by atoms with Crippen molar-refractivity contribution in [3.05, 3.63) is 29.8 Å². The Balaban J connectivity index is 1.98. The quantitative estimate of drug-likeness (QED) is 0.807. The summed E-state index contributed by atoms with van der Waals surface area (Å²) >= 11 is 5.53. The van der Waals surface area contributed by atoms with E-state index in [1.165, 1.54) is 24.8 Å². The molecule has 3 heteroatoms. The number of nitrogens with zero attached hydrogens (tertiary/aromatic N) is 1. The van der Waals surface area contributed by atoms with Crippen LogP contribution in [0.4, 0.5) is 5.69 Å². The van der Waals surface area contributed by atoms with Crippen LogP contribution in [0.3, 0.4) is 0 Å². The minimum atomic E-state index is 0.559. The van der Waals surface area contributed by atoms with E-state index < -0.39 is 0 Å². The third kappa shape index (κ3) is 3.69. The number of piperidine rings is 1. The van der Waals surface area contributed by atoms with Gasteiger partial charge in [0.25, 0.3) is 0 Å². The number of thiocarbonyl (C=S) groups is 1. The van der Waals surface area contributed by atoms with Gasteiger partial charge in [0.2, 0.25) is 0 Å². The van der Waals surface area contributed by atoms with Crippen LogP contribution in [0.25, 0.3) is 0 Å². The molecule has 2 nitrogen and oxygen atoms in total. The van der Waals surface area contributed by atoms with E-state index in [0.29, 0.717) is 12.0 Å². The summed E-state index contributed by atoms with van der Waals surface area (Å²) in [6.45, 7) is 7.76. The van der Waals surface area contributed by atoms with Crippen LogP contribution in [0.5, 0.6) is 0 Å². The van der Waals surface area contributed by atoms with E-state index in [1.807, 2.05) is 0 Å². The highest BCUT2D eigenvalue weighted by Crippen LogP contribution is 2.20. The van der Waals surface area contributed by atoms with Gasteiger partial charge in [0, 0.05) is 18.3 Å². The predicted octanol–water partition coefficient (Wildman–Crippen LogP) is 4.38. The zero-order valence-electron chi connectivity index (χ0n) is 12.1. The fraction of sp³-hybridized carbons (Fsp3) is 0.562. The molecule has 1 aliphatic heterocycles. The summed E-state index contributed by atoms with van der Waals surface area (Å²) in [6, 6.07) is 9.15. The Morgan fingerprint density at radius 2 is 1.95 bits per heavy atom. The topological polar surface area (TPSA) is 15.3 Å². The first-order chi connectivity index (χ1) is 9.08. The van der Waals surface area contributed by atoms with Gasteiger partial charge in [-0.3, -0.25) is 0 Å². The van der Waals surface area contributed by atoms with Crippen LogP contribution in [0.2, 0.25) is 0 Å². The van der Waals surface area contributed by atoms with Crippen molar-refractivity contribution < 1.29 is 0 Å². The molecule has 1 aromatic carbocycles. The maximum atomic E-state index is 5.53. The number of nitrogens with one attached hydrogen (secondary N) is 1. The third-order valence-electron chi connectivity index (χ3n) is 3.89. The van der Waals surface area contributed by atoms with Gasteiger partial charge in [0.15, 0.2) is 5.11 Å². The lowest BCUT2D eigenvalue weighted by Gasteiger charge is -2.35. The molecule has 0 aliphatic carbocycles. The second kappa shape index (κ2) is 6.38. The Morgan fingerprint density at radius 1 is 1.26 bits per heavy atom. The molecule has 1 heterocycles. The van der Waals surface area contributed by atoms with Gasteiger partial charge in [-0.25, -0.2) is 0 Å². The number of hydrogen-bond acceptors (Lipinski definition) is 1. The Hall–Kier alpha value is -1.09. The Labute approximate surface area is 122 Å². The smallest absolute Gasteiger partial charge is 0.173 e. The van der Waals surface area contributed by atoms with E-state index >= 15 is 0 Å². The summed E-state index contributed by atoms with van der Waals surface area (Å²) in [6.07, 6.45) is 3.82. The molecule has 2 rings (SSSR count). The molecule has 0 bridgehead atoms. The SMILES string of the molecule is CC(C)c1ccc(NC(=S)N2CCCCC2C)cc1. The van der Waals surface area contributed by atoms with Crippen LogP contribution in [0.15, 0.2) is 24.3 Å². The summed E-state index contributed by atoms with van der Waals surface area (Å²) in [5.74, 6) is 0.572. The molecular weight excluding hydrogens is 252 g/mol. The average molecular weight is 276 g/mol. The summed E-state index contributed by atoms with van der Waals surface area (Å²) in [5.41, 5.74) is 2.45. The molecule has 104 valence electrons. The minimum absolute atomic E-state index is 0.559. The zero-order valence-corrected chi connectivity index (χ0v) is 13.0. The van der Waals surface area contributed by atoms with Crippen molar-refractivity contribution in [2.24, 2.45) is 0 Å². The zero-order chi connectivity index (χ0) is 13.8. The van der Waals surface area contributed by atoms with Crippen molar-refractivity contribution in [2.75, 3.05) is 11.9 Å².